The Labute approximate surface area is 171 Å². The van der Waals surface area contributed by atoms with Crippen LogP contribution < -0.4 is 10.0 Å². The van der Waals surface area contributed by atoms with E-state index in [2.05, 4.69) is 10.0 Å². The molecule has 10 heteroatoms. The monoisotopic (exact) mass is 432 g/mol. The molecule has 0 fully saturated rings. The first-order valence-electron chi connectivity index (χ1n) is 8.69. The Morgan fingerprint density at radius 3 is 2.43 bits per heavy atom. The number of carbonyl (C=O) groups excluding carboxylic acids is 2. The maximum atomic E-state index is 13.0. The highest BCUT2D eigenvalue weighted by atomic mass is 32.2. The summed E-state index contributed by atoms with van der Waals surface area (Å²) >= 11 is 0. The summed E-state index contributed by atoms with van der Waals surface area (Å²) in [7, 11) is -4.07. The smallest absolute Gasteiger partial charge is 0.340 e. The zero-order valence-electron chi connectivity index (χ0n) is 15.5. The molecule has 0 aliphatic carbocycles. The molecule has 3 aromatic rings. The van der Waals surface area contributed by atoms with E-state index in [1.807, 2.05) is 0 Å². The van der Waals surface area contributed by atoms with E-state index in [0.29, 0.717) is 5.76 Å². The summed E-state index contributed by atoms with van der Waals surface area (Å²) in [5, 5.41) is 2.52. The lowest BCUT2D eigenvalue weighted by Crippen LogP contribution is -2.28. The number of benzene rings is 2. The molecular weight excluding hydrogens is 415 g/mol. The summed E-state index contributed by atoms with van der Waals surface area (Å²) in [5.41, 5.74) is -0.121. The van der Waals surface area contributed by atoms with E-state index >= 15 is 0 Å². The molecule has 0 unspecified atom stereocenters. The molecule has 0 aliphatic heterocycles. The third kappa shape index (κ3) is 5.45. The summed E-state index contributed by atoms with van der Waals surface area (Å²) in [6, 6.07) is 13.3. The van der Waals surface area contributed by atoms with Crippen LogP contribution in [0.4, 0.5) is 10.1 Å². The van der Waals surface area contributed by atoms with Crippen molar-refractivity contribution in [3.05, 3.63) is 84.1 Å². The Kier molecular flexibility index (Phi) is 6.48. The highest BCUT2D eigenvalue weighted by Gasteiger charge is 2.20. The number of hydrogen-bond acceptors (Lipinski definition) is 6. The van der Waals surface area contributed by atoms with Gasteiger partial charge in [0, 0.05) is 0 Å². The second-order valence-electron chi connectivity index (χ2n) is 6.04. The standard InChI is InChI=1S/C20H17FN2O6S/c21-14-7-9-16(10-8-14)30(26,27)23-18-6-2-1-5-17(18)20(25)29-13-19(24)22-12-15-4-3-11-28-15/h1-11,23H,12-13H2,(H,22,24). The fourth-order valence-electron chi connectivity index (χ4n) is 2.43. The van der Waals surface area contributed by atoms with E-state index < -0.39 is 34.3 Å². The number of hydrogen-bond donors (Lipinski definition) is 2. The SMILES string of the molecule is O=C(COC(=O)c1ccccc1NS(=O)(=O)c1ccc(F)cc1)NCc1ccco1. The molecule has 0 atom stereocenters. The zero-order chi connectivity index (χ0) is 21.6. The Bertz CT molecular complexity index is 1130. The number of furan rings is 1. The summed E-state index contributed by atoms with van der Waals surface area (Å²) in [6.07, 6.45) is 1.46. The Morgan fingerprint density at radius 1 is 1.00 bits per heavy atom. The normalized spacial score (nSPS) is 11.0. The molecule has 8 nitrogen and oxygen atoms in total. The van der Waals surface area contributed by atoms with Crippen molar-refractivity contribution in [3.8, 4) is 0 Å². The molecule has 0 spiro atoms. The maximum absolute atomic E-state index is 13.0. The van der Waals surface area contributed by atoms with Crippen LogP contribution in [-0.2, 0) is 26.1 Å². The number of para-hydroxylation sites is 1. The van der Waals surface area contributed by atoms with Gasteiger partial charge in [-0.05, 0) is 48.5 Å². The molecule has 0 radical (unpaired) electrons. The van der Waals surface area contributed by atoms with Gasteiger partial charge in [-0.25, -0.2) is 17.6 Å². The van der Waals surface area contributed by atoms with Crippen LogP contribution in [-0.4, -0.2) is 26.9 Å². The molecule has 0 saturated carbocycles. The Hall–Kier alpha value is -3.66. The minimum absolute atomic E-state index is 0.0391. The van der Waals surface area contributed by atoms with Gasteiger partial charge in [0.1, 0.15) is 11.6 Å². The molecule has 30 heavy (non-hydrogen) atoms. The quantitative estimate of drug-likeness (QED) is 0.529. The fraction of sp³-hybridized carbons (Fsp3) is 0.100. The molecule has 0 bridgehead atoms. The molecule has 2 aromatic carbocycles. The fourth-order valence-corrected chi connectivity index (χ4v) is 3.51. The first-order chi connectivity index (χ1) is 14.3. The molecule has 3 rings (SSSR count). The molecular formula is C20H17FN2O6S. The number of esters is 1. The van der Waals surface area contributed by atoms with E-state index in [1.54, 1.807) is 12.1 Å². The minimum atomic E-state index is -4.07. The van der Waals surface area contributed by atoms with Gasteiger partial charge in [0.2, 0.25) is 0 Å². The molecule has 0 saturated heterocycles. The van der Waals surface area contributed by atoms with Gasteiger partial charge in [0.05, 0.1) is 29.0 Å². The van der Waals surface area contributed by atoms with Crippen molar-refractivity contribution in [2.24, 2.45) is 0 Å². The topological polar surface area (TPSA) is 115 Å². The van der Waals surface area contributed by atoms with Crippen LogP contribution in [0.25, 0.3) is 0 Å². The van der Waals surface area contributed by atoms with E-state index in [0.717, 1.165) is 24.3 Å². The third-order valence-corrected chi connectivity index (χ3v) is 5.27. The van der Waals surface area contributed by atoms with Gasteiger partial charge in [-0.2, -0.15) is 0 Å². The van der Waals surface area contributed by atoms with Crippen molar-refractivity contribution in [3.63, 3.8) is 0 Å². The van der Waals surface area contributed by atoms with Gasteiger partial charge in [-0.15, -0.1) is 0 Å². The van der Waals surface area contributed by atoms with Gasteiger partial charge >= 0.3 is 5.97 Å². The minimum Gasteiger partial charge on any atom is -0.467 e. The van der Waals surface area contributed by atoms with E-state index in [4.69, 9.17) is 9.15 Å². The summed E-state index contributed by atoms with van der Waals surface area (Å²) in [5.74, 6) is -1.48. The van der Waals surface area contributed by atoms with Crippen LogP contribution in [0.5, 0.6) is 0 Å². The number of sulfonamides is 1. The number of halogens is 1. The molecule has 0 aliphatic rings. The van der Waals surface area contributed by atoms with Crippen LogP contribution in [0, 0.1) is 5.82 Å². The average molecular weight is 432 g/mol. The van der Waals surface area contributed by atoms with Crippen LogP contribution in [0.1, 0.15) is 16.1 Å². The first kappa shape index (κ1) is 21.1. The molecule has 156 valence electrons. The first-order valence-corrected chi connectivity index (χ1v) is 10.2. The lowest BCUT2D eigenvalue weighted by molar-refractivity contribution is -0.124. The largest absolute Gasteiger partial charge is 0.467 e. The van der Waals surface area contributed by atoms with Crippen molar-refractivity contribution in [1.82, 2.24) is 5.32 Å². The highest BCUT2D eigenvalue weighted by Crippen LogP contribution is 2.21. The van der Waals surface area contributed by atoms with Crippen LogP contribution in [0.2, 0.25) is 0 Å². The predicted octanol–water partition coefficient (Wildman–Crippen LogP) is 2.69. The Balaban J connectivity index is 1.64. The van der Waals surface area contributed by atoms with Crippen molar-refractivity contribution >= 4 is 27.6 Å². The zero-order valence-corrected chi connectivity index (χ0v) is 16.3. The van der Waals surface area contributed by atoms with Gasteiger partial charge in [0.15, 0.2) is 6.61 Å². The van der Waals surface area contributed by atoms with Gasteiger partial charge < -0.3 is 14.5 Å². The summed E-state index contributed by atoms with van der Waals surface area (Å²) < 4.78 is 50.3. The van der Waals surface area contributed by atoms with E-state index in [-0.39, 0.29) is 22.7 Å². The van der Waals surface area contributed by atoms with Crippen molar-refractivity contribution in [2.45, 2.75) is 11.4 Å². The Morgan fingerprint density at radius 2 is 1.73 bits per heavy atom. The molecule has 1 heterocycles. The van der Waals surface area contributed by atoms with E-state index in [9.17, 15) is 22.4 Å². The van der Waals surface area contributed by atoms with E-state index in [1.165, 1.54) is 30.5 Å². The lowest BCUT2D eigenvalue weighted by atomic mass is 10.2. The molecule has 1 amide bonds. The third-order valence-electron chi connectivity index (χ3n) is 3.89. The second-order valence-corrected chi connectivity index (χ2v) is 7.72. The number of carbonyl (C=O) groups is 2. The number of rotatable bonds is 8. The van der Waals surface area contributed by atoms with Crippen LogP contribution in [0.3, 0.4) is 0 Å². The predicted molar refractivity (Wildman–Crippen MR) is 104 cm³/mol. The van der Waals surface area contributed by atoms with Crippen molar-refractivity contribution in [2.75, 3.05) is 11.3 Å². The lowest BCUT2D eigenvalue weighted by Gasteiger charge is -2.12. The summed E-state index contributed by atoms with van der Waals surface area (Å²) in [6.45, 7) is -0.421. The highest BCUT2D eigenvalue weighted by molar-refractivity contribution is 7.92. The van der Waals surface area contributed by atoms with Gasteiger partial charge in [-0.1, -0.05) is 12.1 Å². The van der Waals surface area contributed by atoms with Gasteiger partial charge in [-0.3, -0.25) is 9.52 Å². The summed E-state index contributed by atoms with van der Waals surface area (Å²) in [4.78, 5) is 24.0. The number of amides is 1. The molecule has 2 N–H and O–H groups in total. The number of anilines is 1. The van der Waals surface area contributed by atoms with Crippen LogP contribution in [0.15, 0.2) is 76.2 Å². The molecule has 1 aromatic heterocycles. The van der Waals surface area contributed by atoms with Crippen LogP contribution >= 0.6 is 0 Å². The van der Waals surface area contributed by atoms with Crippen molar-refractivity contribution < 1.29 is 31.6 Å². The number of nitrogens with one attached hydrogen (secondary N) is 2. The van der Waals surface area contributed by atoms with Gasteiger partial charge in [0.25, 0.3) is 15.9 Å². The number of ether oxygens (including phenoxy) is 1. The average Bonchev–Trinajstić information content (AvgIpc) is 3.24. The maximum Gasteiger partial charge on any atom is 0.340 e. The second kappa shape index (κ2) is 9.23. The van der Waals surface area contributed by atoms with Crippen molar-refractivity contribution in [1.29, 1.82) is 0 Å².